The summed E-state index contributed by atoms with van der Waals surface area (Å²) in [6, 6.07) is 1.94. The quantitative estimate of drug-likeness (QED) is 0.815. The van der Waals surface area contributed by atoms with E-state index in [1.807, 2.05) is 26.8 Å². The largest absolute Gasteiger partial charge is 0.392 e. The molecule has 1 atom stereocenters. The molecule has 1 unspecified atom stereocenters. The van der Waals surface area contributed by atoms with E-state index in [1.165, 1.54) is 4.88 Å². The second kappa shape index (κ2) is 7.55. The van der Waals surface area contributed by atoms with Gasteiger partial charge in [0, 0.05) is 11.4 Å². The molecular weight excluding hydrogens is 310 g/mol. The van der Waals surface area contributed by atoms with Gasteiger partial charge in [-0.15, -0.1) is 11.3 Å². The van der Waals surface area contributed by atoms with Crippen molar-refractivity contribution in [1.29, 1.82) is 0 Å². The summed E-state index contributed by atoms with van der Waals surface area (Å²) in [6.07, 6.45) is -0.375. The molecule has 6 heteroatoms. The number of rotatable bonds is 7. The number of hydrogen-bond acceptors (Lipinski definition) is 5. The van der Waals surface area contributed by atoms with Crippen molar-refractivity contribution >= 4 is 21.6 Å². The first-order chi connectivity index (χ1) is 10.8. The third-order valence-corrected chi connectivity index (χ3v) is 5.40. The van der Waals surface area contributed by atoms with Gasteiger partial charge in [-0.05, 0) is 24.4 Å². The molecule has 0 fully saturated rings. The second-order valence-corrected chi connectivity index (χ2v) is 7.74. The third-order valence-electron chi connectivity index (χ3n) is 4.07. The molecule has 2 aromatic heterocycles. The molecule has 0 aliphatic heterocycles. The Kier molecular flexibility index (Phi) is 5.95. The van der Waals surface area contributed by atoms with Crippen LogP contribution in [0.2, 0.25) is 0 Å². The molecule has 0 aliphatic carbocycles. The van der Waals surface area contributed by atoms with Crippen molar-refractivity contribution in [2.45, 2.75) is 53.2 Å². The number of aromatic amines is 1. The van der Waals surface area contributed by atoms with Gasteiger partial charge >= 0.3 is 0 Å². The van der Waals surface area contributed by atoms with Crippen LogP contribution in [0.3, 0.4) is 0 Å². The summed E-state index contributed by atoms with van der Waals surface area (Å²) in [7, 11) is 0. The first kappa shape index (κ1) is 18.1. The number of aliphatic hydroxyl groups is 1. The average Bonchev–Trinajstić information content (AvgIpc) is 2.91. The van der Waals surface area contributed by atoms with E-state index in [0.29, 0.717) is 30.2 Å². The van der Waals surface area contributed by atoms with Crippen molar-refractivity contribution < 1.29 is 5.11 Å². The molecule has 23 heavy (non-hydrogen) atoms. The van der Waals surface area contributed by atoms with Crippen molar-refractivity contribution in [1.82, 2.24) is 14.9 Å². The van der Waals surface area contributed by atoms with Crippen LogP contribution in [0.1, 0.15) is 51.2 Å². The summed E-state index contributed by atoms with van der Waals surface area (Å²) in [4.78, 5) is 23.9. The minimum absolute atomic E-state index is 0.0754. The van der Waals surface area contributed by atoms with E-state index in [-0.39, 0.29) is 17.6 Å². The van der Waals surface area contributed by atoms with Gasteiger partial charge in [-0.1, -0.05) is 34.6 Å². The zero-order valence-corrected chi connectivity index (χ0v) is 15.4. The molecule has 0 aliphatic rings. The molecular formula is C17H27N3O2S. The van der Waals surface area contributed by atoms with Gasteiger partial charge in [0.1, 0.15) is 10.7 Å². The topological polar surface area (TPSA) is 69.2 Å². The molecule has 0 spiro atoms. The lowest BCUT2D eigenvalue weighted by molar-refractivity contribution is 0.0745. The van der Waals surface area contributed by atoms with Crippen LogP contribution in [0.15, 0.2) is 10.9 Å². The van der Waals surface area contributed by atoms with Crippen LogP contribution < -0.4 is 5.56 Å². The number of nitrogens with one attached hydrogen (secondary N) is 1. The van der Waals surface area contributed by atoms with E-state index in [4.69, 9.17) is 0 Å². The minimum Gasteiger partial charge on any atom is -0.392 e. The highest BCUT2D eigenvalue weighted by atomic mass is 32.1. The van der Waals surface area contributed by atoms with Gasteiger partial charge in [0.05, 0.1) is 18.0 Å². The minimum atomic E-state index is -0.375. The Bertz CT molecular complexity index is 705. The molecule has 0 saturated carbocycles. The van der Waals surface area contributed by atoms with Crippen molar-refractivity contribution in [2.24, 2.45) is 5.92 Å². The fraction of sp³-hybridized carbons (Fsp3) is 0.647. The highest BCUT2D eigenvalue weighted by Crippen LogP contribution is 2.27. The lowest BCUT2D eigenvalue weighted by atomic mass is 10.1. The van der Waals surface area contributed by atoms with Crippen molar-refractivity contribution in [3.05, 3.63) is 27.1 Å². The maximum Gasteiger partial charge on any atom is 0.259 e. The molecule has 0 radical (unpaired) electrons. The number of fused-ring (bicyclic) bond motifs is 1. The molecule has 0 aromatic carbocycles. The fourth-order valence-electron chi connectivity index (χ4n) is 2.35. The van der Waals surface area contributed by atoms with E-state index >= 15 is 0 Å². The van der Waals surface area contributed by atoms with Crippen molar-refractivity contribution in [3.63, 3.8) is 0 Å². The van der Waals surface area contributed by atoms with Gasteiger partial charge in [0.2, 0.25) is 0 Å². The Morgan fingerprint density at radius 1 is 1.35 bits per heavy atom. The van der Waals surface area contributed by atoms with Gasteiger partial charge < -0.3 is 10.1 Å². The van der Waals surface area contributed by atoms with Crippen LogP contribution in [0.4, 0.5) is 0 Å². The van der Waals surface area contributed by atoms with Gasteiger partial charge in [-0.2, -0.15) is 0 Å². The van der Waals surface area contributed by atoms with E-state index in [2.05, 4.69) is 28.7 Å². The standard InChI is InChI=1S/C17H27N3O2S/c1-6-20(8-13(21)10(2)3)9-15-18-16(22)12-7-14(11(4)5)23-17(12)19-15/h7,10-11,13,21H,6,8-9H2,1-5H3,(H,18,19,22). The summed E-state index contributed by atoms with van der Waals surface area (Å²) < 4.78 is 0. The Morgan fingerprint density at radius 2 is 2.04 bits per heavy atom. The van der Waals surface area contributed by atoms with Gasteiger partial charge in [0.15, 0.2) is 0 Å². The van der Waals surface area contributed by atoms with Crippen molar-refractivity contribution in [3.8, 4) is 0 Å². The summed E-state index contributed by atoms with van der Waals surface area (Å²) >= 11 is 1.59. The Morgan fingerprint density at radius 3 is 2.61 bits per heavy atom. The van der Waals surface area contributed by atoms with Crippen molar-refractivity contribution in [2.75, 3.05) is 13.1 Å². The predicted octanol–water partition coefficient (Wildman–Crippen LogP) is 2.95. The number of likely N-dealkylation sites (N-methyl/N-ethyl adjacent to an activating group) is 1. The van der Waals surface area contributed by atoms with E-state index in [1.54, 1.807) is 11.3 Å². The lowest BCUT2D eigenvalue weighted by Crippen LogP contribution is -2.35. The number of hydrogen-bond donors (Lipinski definition) is 2. The highest BCUT2D eigenvalue weighted by molar-refractivity contribution is 7.18. The molecule has 0 saturated heterocycles. The Hall–Kier alpha value is -1.24. The summed E-state index contributed by atoms with van der Waals surface area (Å²) in [5, 5.41) is 10.7. The zero-order valence-electron chi connectivity index (χ0n) is 14.6. The van der Waals surface area contributed by atoms with E-state index in [0.717, 1.165) is 11.4 Å². The molecule has 2 rings (SSSR count). The average molecular weight is 337 g/mol. The van der Waals surface area contributed by atoms with Crippen LogP contribution in [0.5, 0.6) is 0 Å². The second-order valence-electron chi connectivity index (χ2n) is 6.67. The molecule has 0 amide bonds. The van der Waals surface area contributed by atoms with E-state index in [9.17, 15) is 9.90 Å². The van der Waals surface area contributed by atoms with Crippen LogP contribution >= 0.6 is 11.3 Å². The molecule has 0 bridgehead atoms. The summed E-state index contributed by atoms with van der Waals surface area (Å²) in [5.41, 5.74) is -0.0754. The predicted molar refractivity (Wildman–Crippen MR) is 96.1 cm³/mol. The molecule has 128 valence electrons. The van der Waals surface area contributed by atoms with Gasteiger partial charge in [-0.25, -0.2) is 4.98 Å². The highest BCUT2D eigenvalue weighted by Gasteiger charge is 2.16. The Balaban J connectivity index is 2.23. The third kappa shape index (κ3) is 4.40. The first-order valence-electron chi connectivity index (χ1n) is 8.24. The smallest absolute Gasteiger partial charge is 0.259 e. The SMILES string of the molecule is CCN(Cc1nc2sc(C(C)C)cc2c(=O)[nH]1)CC(O)C(C)C. The first-order valence-corrected chi connectivity index (χ1v) is 9.06. The maximum atomic E-state index is 12.3. The van der Waals surface area contributed by atoms with Gasteiger partial charge in [0.25, 0.3) is 5.56 Å². The zero-order chi connectivity index (χ0) is 17.1. The van der Waals surface area contributed by atoms with Crippen LogP contribution in [-0.4, -0.2) is 39.2 Å². The normalized spacial score (nSPS) is 13.6. The Labute approximate surface area is 141 Å². The summed E-state index contributed by atoms with van der Waals surface area (Å²) in [5.74, 6) is 1.27. The summed E-state index contributed by atoms with van der Waals surface area (Å²) in [6.45, 7) is 12.2. The number of thiophene rings is 1. The van der Waals surface area contributed by atoms with Crippen LogP contribution in [-0.2, 0) is 6.54 Å². The van der Waals surface area contributed by atoms with Gasteiger partial charge in [-0.3, -0.25) is 9.69 Å². The maximum absolute atomic E-state index is 12.3. The molecule has 2 N–H and O–H groups in total. The molecule has 2 aromatic rings. The molecule has 2 heterocycles. The number of aliphatic hydroxyl groups excluding tert-OH is 1. The van der Waals surface area contributed by atoms with Crippen LogP contribution in [0.25, 0.3) is 10.2 Å². The number of H-pyrrole nitrogens is 1. The fourth-order valence-corrected chi connectivity index (χ4v) is 3.40. The lowest BCUT2D eigenvalue weighted by Gasteiger charge is -2.24. The molecule has 5 nitrogen and oxygen atoms in total. The number of nitrogens with zero attached hydrogens (tertiary/aromatic N) is 2. The van der Waals surface area contributed by atoms with Crippen LogP contribution in [0, 0.1) is 5.92 Å². The number of aromatic nitrogens is 2. The van der Waals surface area contributed by atoms with E-state index < -0.39 is 0 Å². The monoisotopic (exact) mass is 337 g/mol.